The second kappa shape index (κ2) is 7.23. The number of nitrogens with zero attached hydrogens (tertiary/aromatic N) is 1. The van der Waals surface area contributed by atoms with Gasteiger partial charge in [-0.15, -0.1) is 0 Å². The van der Waals surface area contributed by atoms with Crippen molar-refractivity contribution >= 4 is 11.4 Å². The van der Waals surface area contributed by atoms with Gasteiger partial charge < -0.3 is 10.6 Å². The van der Waals surface area contributed by atoms with Gasteiger partial charge in [0.2, 0.25) is 0 Å². The summed E-state index contributed by atoms with van der Waals surface area (Å²) in [6, 6.07) is 10.1. The van der Waals surface area contributed by atoms with Gasteiger partial charge in [-0.25, -0.2) is 0 Å². The van der Waals surface area contributed by atoms with Crippen molar-refractivity contribution in [1.82, 2.24) is 4.90 Å². The third kappa shape index (κ3) is 3.83. The molecule has 0 aromatic heterocycles. The van der Waals surface area contributed by atoms with Gasteiger partial charge in [-0.05, 0) is 46.1 Å². The van der Waals surface area contributed by atoms with Gasteiger partial charge in [0.25, 0.3) is 10.9 Å². The molecule has 1 heterocycles. The van der Waals surface area contributed by atoms with E-state index in [0.29, 0.717) is 11.4 Å². The summed E-state index contributed by atoms with van der Waals surface area (Å²) in [6.07, 6.45) is 1.95. The molecule has 3 rings (SSSR count). The Labute approximate surface area is 155 Å². The highest BCUT2D eigenvalue weighted by Crippen LogP contribution is 2.26. The fourth-order valence-corrected chi connectivity index (χ4v) is 3.61. The molecule has 5 nitrogen and oxygen atoms in total. The fraction of sp³-hybridized carbons (Fsp3) is 0.524. The van der Waals surface area contributed by atoms with Crippen LogP contribution in [0.15, 0.2) is 39.9 Å². The number of likely N-dealkylation sites (tertiary alicyclic amines) is 1. The van der Waals surface area contributed by atoms with Gasteiger partial charge in [0, 0.05) is 30.7 Å². The molecule has 1 saturated heterocycles. The predicted octanol–water partition coefficient (Wildman–Crippen LogP) is 3.13. The summed E-state index contributed by atoms with van der Waals surface area (Å²) in [5.74, 6) is 0. The van der Waals surface area contributed by atoms with Crippen LogP contribution < -0.4 is 21.5 Å². The van der Waals surface area contributed by atoms with Crippen LogP contribution in [-0.2, 0) is 0 Å². The summed E-state index contributed by atoms with van der Waals surface area (Å²) >= 11 is 0. The van der Waals surface area contributed by atoms with Crippen molar-refractivity contribution in [1.29, 1.82) is 0 Å². The zero-order chi connectivity index (χ0) is 18.9. The Morgan fingerprint density at radius 3 is 2.15 bits per heavy atom. The van der Waals surface area contributed by atoms with E-state index in [2.05, 4.69) is 36.3 Å². The lowest BCUT2D eigenvalue weighted by molar-refractivity contribution is 0.106. The van der Waals surface area contributed by atoms with Crippen molar-refractivity contribution in [2.24, 2.45) is 0 Å². The van der Waals surface area contributed by atoms with E-state index < -0.39 is 10.9 Å². The second-order valence-electron chi connectivity index (χ2n) is 8.26. The van der Waals surface area contributed by atoms with Crippen molar-refractivity contribution in [3.8, 4) is 0 Å². The monoisotopic (exact) mass is 355 g/mol. The van der Waals surface area contributed by atoms with E-state index >= 15 is 0 Å². The van der Waals surface area contributed by atoms with Crippen molar-refractivity contribution in [3.05, 3.63) is 56.3 Å². The van der Waals surface area contributed by atoms with E-state index in [4.69, 9.17) is 0 Å². The molecule has 0 bridgehead atoms. The van der Waals surface area contributed by atoms with Crippen LogP contribution in [0.2, 0.25) is 0 Å². The Balaban J connectivity index is 1.65. The van der Waals surface area contributed by atoms with Crippen LogP contribution in [0.5, 0.6) is 0 Å². The third-order valence-corrected chi connectivity index (χ3v) is 5.36. The van der Waals surface area contributed by atoms with E-state index in [1.165, 1.54) is 0 Å². The van der Waals surface area contributed by atoms with Crippen molar-refractivity contribution < 1.29 is 0 Å². The van der Waals surface area contributed by atoms with Crippen molar-refractivity contribution in [2.45, 2.75) is 58.2 Å². The third-order valence-electron chi connectivity index (χ3n) is 5.36. The average Bonchev–Trinajstić information content (AvgIpc) is 2.64. The van der Waals surface area contributed by atoms with Gasteiger partial charge >= 0.3 is 0 Å². The number of hydrogen-bond acceptors (Lipinski definition) is 5. The number of benzene rings is 1. The zero-order valence-corrected chi connectivity index (χ0v) is 16.1. The first-order valence-corrected chi connectivity index (χ1v) is 9.43. The fourth-order valence-electron chi connectivity index (χ4n) is 3.61. The molecule has 0 unspecified atom stereocenters. The number of anilines is 2. The van der Waals surface area contributed by atoms with E-state index in [-0.39, 0.29) is 17.6 Å². The van der Waals surface area contributed by atoms with Gasteiger partial charge in [0.1, 0.15) is 11.4 Å². The second-order valence-corrected chi connectivity index (χ2v) is 8.26. The lowest BCUT2D eigenvalue weighted by Crippen LogP contribution is -2.49. The molecule has 1 aliphatic heterocycles. The summed E-state index contributed by atoms with van der Waals surface area (Å²) in [4.78, 5) is 26.6. The van der Waals surface area contributed by atoms with Gasteiger partial charge in [-0.3, -0.25) is 14.5 Å². The minimum absolute atomic E-state index is 0.0252. The molecule has 2 N–H and O–H groups in total. The minimum atomic E-state index is -0.414. The SMILES string of the molecule is C[C@@H](Nc1c(NC2CCN(C(C)(C)C)CC2)c(=O)c1=O)c1ccccc1. The average molecular weight is 355 g/mol. The van der Waals surface area contributed by atoms with Gasteiger partial charge in [0.15, 0.2) is 0 Å². The summed E-state index contributed by atoms with van der Waals surface area (Å²) in [7, 11) is 0. The predicted molar refractivity (Wildman–Crippen MR) is 108 cm³/mol. The van der Waals surface area contributed by atoms with Gasteiger partial charge in [0.05, 0.1) is 0 Å². The van der Waals surface area contributed by atoms with E-state index in [1.54, 1.807) is 0 Å². The maximum absolute atomic E-state index is 12.1. The summed E-state index contributed by atoms with van der Waals surface area (Å²) in [5, 5.41) is 6.56. The number of piperidine rings is 1. The molecule has 2 aromatic carbocycles. The Morgan fingerprint density at radius 2 is 1.58 bits per heavy atom. The first-order chi connectivity index (χ1) is 12.3. The Bertz CT molecular complexity index is 808. The van der Waals surface area contributed by atoms with Crippen LogP contribution >= 0.6 is 0 Å². The molecule has 0 saturated carbocycles. The van der Waals surface area contributed by atoms with Crippen LogP contribution in [0, 0.1) is 0 Å². The standard InChI is InChI=1S/C21H29N3O2/c1-14(15-8-6-5-7-9-15)22-17-18(20(26)19(17)25)23-16-10-12-24(13-11-16)21(2,3)4/h5-9,14,16,22-23H,10-13H2,1-4H3/t14-/m1/s1. The molecular weight excluding hydrogens is 326 g/mol. The zero-order valence-electron chi connectivity index (χ0n) is 16.1. The molecule has 1 atom stereocenters. The lowest BCUT2D eigenvalue weighted by Gasteiger charge is -2.41. The van der Waals surface area contributed by atoms with Crippen LogP contribution in [0.25, 0.3) is 0 Å². The van der Waals surface area contributed by atoms with E-state index in [9.17, 15) is 9.59 Å². The molecule has 1 fully saturated rings. The van der Waals surface area contributed by atoms with E-state index in [0.717, 1.165) is 31.5 Å². The van der Waals surface area contributed by atoms with Crippen LogP contribution in [0.3, 0.4) is 0 Å². The summed E-state index contributed by atoms with van der Waals surface area (Å²) in [6.45, 7) is 10.7. The highest BCUT2D eigenvalue weighted by molar-refractivity contribution is 5.74. The Hall–Kier alpha value is -2.14. The Kier molecular flexibility index (Phi) is 5.19. The smallest absolute Gasteiger partial charge is 0.253 e. The normalized spacial score (nSPS) is 18.0. The molecule has 1 aliphatic rings. The van der Waals surface area contributed by atoms with Crippen molar-refractivity contribution in [3.63, 3.8) is 0 Å². The van der Waals surface area contributed by atoms with Gasteiger partial charge in [-0.2, -0.15) is 0 Å². The molecular formula is C21H29N3O2. The quantitative estimate of drug-likeness (QED) is 0.807. The maximum atomic E-state index is 12.1. The molecule has 0 aliphatic carbocycles. The van der Waals surface area contributed by atoms with Crippen LogP contribution in [-0.4, -0.2) is 29.6 Å². The molecule has 2 aromatic rings. The molecule has 26 heavy (non-hydrogen) atoms. The lowest BCUT2D eigenvalue weighted by atomic mass is 9.97. The summed E-state index contributed by atoms with van der Waals surface area (Å²) < 4.78 is 0. The van der Waals surface area contributed by atoms with Gasteiger partial charge in [-0.1, -0.05) is 30.3 Å². The molecule has 5 heteroatoms. The Morgan fingerprint density at radius 1 is 1.00 bits per heavy atom. The highest BCUT2D eigenvalue weighted by Gasteiger charge is 2.29. The number of nitrogens with one attached hydrogen (secondary N) is 2. The summed E-state index contributed by atoms with van der Waals surface area (Å²) in [5.41, 5.74) is 1.35. The number of rotatable bonds is 5. The molecule has 0 radical (unpaired) electrons. The first-order valence-electron chi connectivity index (χ1n) is 9.43. The van der Waals surface area contributed by atoms with E-state index in [1.807, 2.05) is 37.3 Å². The largest absolute Gasteiger partial charge is 0.377 e. The van der Waals surface area contributed by atoms with Crippen molar-refractivity contribution in [2.75, 3.05) is 23.7 Å². The van der Waals surface area contributed by atoms with Crippen LogP contribution in [0.1, 0.15) is 52.1 Å². The maximum Gasteiger partial charge on any atom is 0.253 e. The van der Waals surface area contributed by atoms with Crippen LogP contribution in [0.4, 0.5) is 11.4 Å². The topological polar surface area (TPSA) is 61.4 Å². The number of hydrogen-bond donors (Lipinski definition) is 2. The molecule has 0 spiro atoms. The highest BCUT2D eigenvalue weighted by atomic mass is 16.2. The molecule has 0 amide bonds. The molecule has 140 valence electrons. The first kappa shape index (κ1) is 18.6. The minimum Gasteiger partial charge on any atom is -0.377 e.